The molecule has 0 unspecified atom stereocenters. The largest absolute Gasteiger partial charge is 0.507 e. The fourth-order valence-electron chi connectivity index (χ4n) is 3.59. The van der Waals surface area contributed by atoms with Crippen LogP contribution in [0.5, 0.6) is 5.75 Å². The van der Waals surface area contributed by atoms with Gasteiger partial charge in [-0.25, -0.2) is 0 Å². The van der Waals surface area contributed by atoms with Gasteiger partial charge in [0.1, 0.15) is 11.4 Å². The molecule has 5 nitrogen and oxygen atoms in total. The normalized spacial score (nSPS) is 18.2. The quantitative estimate of drug-likeness (QED) is 0.672. The summed E-state index contributed by atoms with van der Waals surface area (Å²) in [6.45, 7) is 2.15. The van der Waals surface area contributed by atoms with Gasteiger partial charge < -0.3 is 15.3 Å². The van der Waals surface area contributed by atoms with Crippen molar-refractivity contribution in [1.82, 2.24) is 15.1 Å². The number of hydrogen-bond donors (Lipinski definition) is 2. The number of nitrogens with zero attached hydrogens (tertiary/aromatic N) is 3. The van der Waals surface area contributed by atoms with E-state index in [9.17, 15) is 5.11 Å². The van der Waals surface area contributed by atoms with Crippen molar-refractivity contribution in [2.45, 2.75) is 18.9 Å². The molecule has 1 atom stereocenters. The maximum absolute atomic E-state index is 10.3. The highest BCUT2D eigenvalue weighted by molar-refractivity contribution is 9.10. The number of aromatic nitrogens is 2. The van der Waals surface area contributed by atoms with E-state index in [1.807, 2.05) is 30.3 Å². The number of phenols is 1. The molecular weight excluding hydrogens is 392 g/mol. The molecule has 134 valence electrons. The first-order chi connectivity index (χ1) is 12.6. The van der Waals surface area contributed by atoms with E-state index in [0.717, 1.165) is 40.6 Å². The van der Waals surface area contributed by atoms with Crippen LogP contribution in [-0.2, 0) is 0 Å². The summed E-state index contributed by atoms with van der Waals surface area (Å²) in [4.78, 5) is 2.34. The van der Waals surface area contributed by atoms with Crippen molar-refractivity contribution in [3.05, 3.63) is 46.9 Å². The Kier molecular flexibility index (Phi) is 4.78. The molecule has 2 N–H and O–H groups in total. The molecule has 0 saturated carbocycles. The Labute approximate surface area is 161 Å². The average molecular weight is 413 g/mol. The standard InChI is InChI=1S/C20H21BrN4O/c1-25-10-4-5-14(12-25)22-20-16-7-3-2-6-15(16)19(23-24-20)17-9-8-13(21)11-18(17)26/h2-3,6-9,11,14,26H,4-5,10,12H2,1H3,(H,22,24)/t14-/m1/s1. The number of phenolic OH excluding ortho intramolecular Hbond substituents is 1. The summed E-state index contributed by atoms with van der Waals surface area (Å²) < 4.78 is 0.829. The minimum atomic E-state index is 0.188. The number of likely N-dealkylation sites (N-methyl/N-ethyl adjacent to an activating group) is 1. The van der Waals surface area contributed by atoms with Crippen LogP contribution in [0.3, 0.4) is 0 Å². The topological polar surface area (TPSA) is 61.3 Å². The van der Waals surface area contributed by atoms with E-state index in [4.69, 9.17) is 0 Å². The molecule has 1 aliphatic heterocycles. The van der Waals surface area contributed by atoms with E-state index in [2.05, 4.69) is 49.5 Å². The van der Waals surface area contributed by atoms with Crippen molar-refractivity contribution in [3.8, 4) is 17.0 Å². The fraction of sp³-hybridized carbons (Fsp3) is 0.300. The van der Waals surface area contributed by atoms with Crippen LogP contribution in [0.25, 0.3) is 22.0 Å². The summed E-state index contributed by atoms with van der Waals surface area (Å²) in [5.41, 5.74) is 1.37. The summed E-state index contributed by atoms with van der Waals surface area (Å²) in [5, 5.41) is 24.8. The first-order valence-electron chi connectivity index (χ1n) is 8.81. The molecule has 6 heteroatoms. The van der Waals surface area contributed by atoms with Crippen LogP contribution in [0.4, 0.5) is 5.82 Å². The molecule has 0 amide bonds. The summed E-state index contributed by atoms with van der Waals surface area (Å²) in [6, 6.07) is 13.9. The summed E-state index contributed by atoms with van der Waals surface area (Å²) in [6.07, 6.45) is 2.32. The molecule has 4 rings (SSSR count). The van der Waals surface area contributed by atoms with Crippen molar-refractivity contribution in [1.29, 1.82) is 0 Å². The summed E-state index contributed by atoms with van der Waals surface area (Å²) in [7, 11) is 2.15. The Hall–Kier alpha value is -2.18. The molecule has 0 bridgehead atoms. The van der Waals surface area contributed by atoms with Crippen molar-refractivity contribution < 1.29 is 5.11 Å². The number of aromatic hydroxyl groups is 1. The Bertz CT molecular complexity index is 946. The second-order valence-electron chi connectivity index (χ2n) is 6.85. The lowest BCUT2D eigenvalue weighted by atomic mass is 10.0. The highest BCUT2D eigenvalue weighted by Gasteiger charge is 2.20. The molecule has 0 spiro atoms. The second-order valence-corrected chi connectivity index (χ2v) is 7.77. The number of benzene rings is 2. The molecule has 1 aliphatic rings. The number of fused-ring (bicyclic) bond motifs is 1. The number of rotatable bonds is 3. The Morgan fingerprint density at radius 2 is 1.96 bits per heavy atom. The zero-order chi connectivity index (χ0) is 18.1. The SMILES string of the molecule is CN1CCC[C@@H](Nc2nnc(-c3ccc(Br)cc3O)c3ccccc23)C1. The van der Waals surface area contributed by atoms with Gasteiger partial charge in [-0.1, -0.05) is 40.2 Å². The number of halogens is 1. The van der Waals surface area contributed by atoms with Gasteiger partial charge in [-0.15, -0.1) is 10.2 Å². The zero-order valence-corrected chi connectivity index (χ0v) is 16.2. The Morgan fingerprint density at radius 3 is 2.73 bits per heavy atom. The Morgan fingerprint density at radius 1 is 1.15 bits per heavy atom. The molecule has 26 heavy (non-hydrogen) atoms. The van der Waals surface area contributed by atoms with Crippen molar-refractivity contribution in [2.24, 2.45) is 0 Å². The van der Waals surface area contributed by atoms with Crippen LogP contribution in [0.2, 0.25) is 0 Å². The number of anilines is 1. The molecular formula is C20H21BrN4O. The first-order valence-corrected chi connectivity index (χ1v) is 9.60. The van der Waals surface area contributed by atoms with Gasteiger partial charge in [0.25, 0.3) is 0 Å². The third-order valence-corrected chi connectivity index (χ3v) is 5.36. The lowest BCUT2D eigenvalue weighted by molar-refractivity contribution is 0.261. The smallest absolute Gasteiger partial charge is 0.156 e. The van der Waals surface area contributed by atoms with Crippen LogP contribution in [-0.4, -0.2) is 46.4 Å². The van der Waals surface area contributed by atoms with Crippen molar-refractivity contribution >= 4 is 32.5 Å². The van der Waals surface area contributed by atoms with Crippen molar-refractivity contribution in [3.63, 3.8) is 0 Å². The van der Waals surface area contributed by atoms with E-state index >= 15 is 0 Å². The highest BCUT2D eigenvalue weighted by Crippen LogP contribution is 2.36. The van der Waals surface area contributed by atoms with E-state index in [0.29, 0.717) is 17.3 Å². The first kappa shape index (κ1) is 17.2. The average Bonchev–Trinajstić information content (AvgIpc) is 2.63. The van der Waals surface area contributed by atoms with Crippen LogP contribution < -0.4 is 5.32 Å². The predicted molar refractivity (Wildman–Crippen MR) is 108 cm³/mol. The Balaban J connectivity index is 1.76. The van der Waals surface area contributed by atoms with Crippen LogP contribution in [0, 0.1) is 0 Å². The molecule has 1 fully saturated rings. The number of hydrogen-bond acceptors (Lipinski definition) is 5. The third kappa shape index (κ3) is 3.39. The maximum Gasteiger partial charge on any atom is 0.156 e. The number of nitrogens with one attached hydrogen (secondary N) is 1. The van der Waals surface area contributed by atoms with Crippen LogP contribution >= 0.6 is 15.9 Å². The van der Waals surface area contributed by atoms with Crippen LogP contribution in [0.15, 0.2) is 46.9 Å². The van der Waals surface area contributed by atoms with Gasteiger partial charge in [0.2, 0.25) is 0 Å². The lowest BCUT2D eigenvalue weighted by Gasteiger charge is -2.30. The van der Waals surface area contributed by atoms with Gasteiger partial charge in [0, 0.05) is 33.4 Å². The monoisotopic (exact) mass is 412 g/mol. The molecule has 0 radical (unpaired) electrons. The zero-order valence-electron chi connectivity index (χ0n) is 14.6. The van der Waals surface area contributed by atoms with E-state index in [1.54, 1.807) is 6.07 Å². The van der Waals surface area contributed by atoms with Crippen molar-refractivity contribution in [2.75, 3.05) is 25.5 Å². The maximum atomic E-state index is 10.3. The minimum Gasteiger partial charge on any atom is -0.507 e. The molecule has 2 heterocycles. The van der Waals surface area contributed by atoms with Gasteiger partial charge in [0.15, 0.2) is 5.82 Å². The van der Waals surface area contributed by atoms with E-state index in [1.165, 1.54) is 6.42 Å². The van der Waals surface area contributed by atoms with Gasteiger partial charge in [-0.3, -0.25) is 0 Å². The summed E-state index contributed by atoms with van der Waals surface area (Å²) in [5.74, 6) is 0.995. The predicted octanol–water partition coefficient (Wildman–Crippen LogP) is 4.27. The minimum absolute atomic E-state index is 0.188. The van der Waals surface area contributed by atoms with Gasteiger partial charge in [-0.2, -0.15) is 0 Å². The molecule has 0 aliphatic carbocycles. The third-order valence-electron chi connectivity index (χ3n) is 4.87. The fourth-order valence-corrected chi connectivity index (χ4v) is 3.94. The highest BCUT2D eigenvalue weighted by atomic mass is 79.9. The van der Waals surface area contributed by atoms with E-state index in [-0.39, 0.29) is 5.75 Å². The molecule has 3 aromatic rings. The van der Waals surface area contributed by atoms with Gasteiger partial charge in [0.05, 0.1) is 0 Å². The number of piperidine rings is 1. The van der Waals surface area contributed by atoms with Crippen LogP contribution in [0.1, 0.15) is 12.8 Å². The molecule has 1 saturated heterocycles. The van der Waals surface area contributed by atoms with Gasteiger partial charge in [-0.05, 0) is 44.6 Å². The number of likely N-dealkylation sites (tertiary alicyclic amines) is 1. The lowest BCUT2D eigenvalue weighted by Crippen LogP contribution is -2.40. The summed E-state index contributed by atoms with van der Waals surface area (Å²) >= 11 is 3.38. The molecule has 1 aromatic heterocycles. The molecule has 2 aromatic carbocycles. The second kappa shape index (κ2) is 7.21. The van der Waals surface area contributed by atoms with Gasteiger partial charge >= 0.3 is 0 Å². The van der Waals surface area contributed by atoms with E-state index < -0.39 is 0 Å².